The highest BCUT2D eigenvalue weighted by Crippen LogP contribution is 2.38. The van der Waals surface area contributed by atoms with Gasteiger partial charge in [0.1, 0.15) is 11.2 Å². The summed E-state index contributed by atoms with van der Waals surface area (Å²) in [7, 11) is 0. The topological polar surface area (TPSA) is 43.3 Å². The molecule has 8 rings (SSSR count). The zero-order valence-corrected chi connectivity index (χ0v) is 18.1. The Morgan fingerprint density at radius 3 is 2.32 bits per heavy atom. The van der Waals surface area contributed by atoms with Crippen molar-refractivity contribution in [2.45, 2.75) is 0 Å². The molecule has 0 unspecified atom stereocenters. The Kier molecular flexibility index (Phi) is 3.36. The molecule has 0 saturated heterocycles. The molecule has 0 amide bonds. The summed E-state index contributed by atoms with van der Waals surface area (Å²) >= 11 is 0. The van der Waals surface area contributed by atoms with E-state index < -0.39 is 0 Å². The zero-order chi connectivity index (χ0) is 22.2. The molecule has 8 aromatic rings. The first-order valence-corrected chi connectivity index (χ1v) is 11.3. The van der Waals surface area contributed by atoms with Crippen LogP contribution in [0.15, 0.2) is 108 Å². The van der Waals surface area contributed by atoms with E-state index in [0.29, 0.717) is 0 Å². The van der Waals surface area contributed by atoms with Crippen LogP contribution in [0.2, 0.25) is 0 Å². The first-order chi connectivity index (χ1) is 16.8. The van der Waals surface area contributed by atoms with Gasteiger partial charge < -0.3 is 4.42 Å². The predicted octanol–water partition coefficient (Wildman–Crippen LogP) is 7.76. The lowest BCUT2D eigenvalue weighted by molar-refractivity contribution is 0.666. The van der Waals surface area contributed by atoms with Crippen molar-refractivity contribution in [3.05, 3.63) is 103 Å². The van der Waals surface area contributed by atoms with Crippen molar-refractivity contribution in [1.82, 2.24) is 14.4 Å². The van der Waals surface area contributed by atoms with E-state index in [1.807, 2.05) is 36.5 Å². The molecule has 0 N–H and O–H groups in total. The van der Waals surface area contributed by atoms with Crippen molar-refractivity contribution in [2.75, 3.05) is 0 Å². The van der Waals surface area contributed by atoms with E-state index in [9.17, 15) is 0 Å². The van der Waals surface area contributed by atoms with Crippen LogP contribution < -0.4 is 0 Å². The predicted molar refractivity (Wildman–Crippen MR) is 138 cm³/mol. The van der Waals surface area contributed by atoms with Crippen LogP contribution in [0.3, 0.4) is 0 Å². The molecule has 0 aliphatic heterocycles. The van der Waals surface area contributed by atoms with Crippen LogP contribution in [0.5, 0.6) is 0 Å². The van der Waals surface area contributed by atoms with Crippen LogP contribution in [-0.4, -0.2) is 14.4 Å². The molecular formula is C30H17N3O. The first kappa shape index (κ1) is 17.8. The molecule has 0 radical (unpaired) electrons. The molecule has 0 aliphatic rings. The molecule has 4 aromatic carbocycles. The smallest absolute Gasteiger partial charge is 0.152 e. The second-order valence-corrected chi connectivity index (χ2v) is 8.71. The van der Waals surface area contributed by atoms with Gasteiger partial charge >= 0.3 is 0 Å². The quantitative estimate of drug-likeness (QED) is 0.248. The second-order valence-electron chi connectivity index (χ2n) is 8.71. The van der Waals surface area contributed by atoms with E-state index in [2.05, 4.69) is 76.2 Å². The third-order valence-electron chi connectivity index (χ3n) is 6.83. The van der Waals surface area contributed by atoms with Gasteiger partial charge in [0.25, 0.3) is 0 Å². The molecule has 4 heteroatoms. The molecule has 0 atom stereocenters. The molecule has 158 valence electrons. The Labute approximate surface area is 193 Å². The fourth-order valence-electron chi connectivity index (χ4n) is 5.29. The van der Waals surface area contributed by atoms with Gasteiger partial charge in [0, 0.05) is 33.3 Å². The highest BCUT2D eigenvalue weighted by Gasteiger charge is 2.17. The molecule has 4 heterocycles. The number of para-hydroxylation sites is 1. The van der Waals surface area contributed by atoms with Gasteiger partial charge in [-0.3, -0.25) is 9.38 Å². The number of furan rings is 1. The third kappa shape index (κ3) is 2.32. The number of rotatable bonds is 1. The maximum absolute atomic E-state index is 6.20. The van der Waals surface area contributed by atoms with Crippen LogP contribution >= 0.6 is 0 Å². The summed E-state index contributed by atoms with van der Waals surface area (Å²) in [6, 6.07) is 31.4. The average molecular weight is 435 g/mol. The van der Waals surface area contributed by atoms with E-state index in [1.54, 1.807) is 0 Å². The Morgan fingerprint density at radius 1 is 0.618 bits per heavy atom. The Bertz CT molecular complexity index is 2070. The van der Waals surface area contributed by atoms with Gasteiger partial charge in [-0.2, -0.15) is 0 Å². The minimum absolute atomic E-state index is 0.861. The molecule has 34 heavy (non-hydrogen) atoms. The molecule has 0 fully saturated rings. The van der Waals surface area contributed by atoms with Crippen LogP contribution in [0.25, 0.3) is 71.4 Å². The standard InChI is InChI=1S/C30H17N3O/c1-2-9-21-19(7-1)23-15-18(25-10-5-6-14-31-25)12-13-22(23)30-29(21)32-28-16-24-20-8-3-4-11-26(20)34-27(24)17-33(28)30/h1-17H. The van der Waals surface area contributed by atoms with Crippen LogP contribution in [0.1, 0.15) is 0 Å². The highest BCUT2D eigenvalue weighted by molar-refractivity contribution is 6.24. The summed E-state index contributed by atoms with van der Waals surface area (Å²) in [6.07, 6.45) is 3.92. The van der Waals surface area contributed by atoms with Crippen molar-refractivity contribution >= 4 is 60.2 Å². The van der Waals surface area contributed by atoms with Gasteiger partial charge in [-0.15, -0.1) is 0 Å². The first-order valence-electron chi connectivity index (χ1n) is 11.3. The lowest BCUT2D eigenvalue weighted by Crippen LogP contribution is -1.88. The monoisotopic (exact) mass is 435 g/mol. The fraction of sp³-hybridized carbons (Fsp3) is 0. The largest absolute Gasteiger partial charge is 0.455 e. The summed E-state index contributed by atoms with van der Waals surface area (Å²) in [5.74, 6) is 0. The lowest BCUT2D eigenvalue weighted by Gasteiger charge is -2.09. The summed E-state index contributed by atoms with van der Waals surface area (Å²) in [6.45, 7) is 0. The van der Waals surface area contributed by atoms with Crippen LogP contribution in [0, 0.1) is 0 Å². The number of nitrogens with zero attached hydrogens (tertiary/aromatic N) is 3. The zero-order valence-electron chi connectivity index (χ0n) is 18.1. The summed E-state index contributed by atoms with van der Waals surface area (Å²) in [5.41, 5.74) is 6.84. The molecule has 0 saturated carbocycles. The van der Waals surface area contributed by atoms with Crippen molar-refractivity contribution in [2.24, 2.45) is 0 Å². The maximum Gasteiger partial charge on any atom is 0.152 e. The Morgan fingerprint density at radius 2 is 1.44 bits per heavy atom. The number of hydrogen-bond donors (Lipinski definition) is 0. The average Bonchev–Trinajstić information content (AvgIpc) is 3.45. The molecule has 0 spiro atoms. The number of benzene rings is 4. The normalized spacial score (nSPS) is 12.1. The van der Waals surface area contributed by atoms with Crippen molar-refractivity contribution in [1.29, 1.82) is 0 Å². The van der Waals surface area contributed by atoms with Crippen LogP contribution in [0.4, 0.5) is 0 Å². The lowest BCUT2D eigenvalue weighted by atomic mass is 9.97. The van der Waals surface area contributed by atoms with Gasteiger partial charge in [-0.05, 0) is 41.1 Å². The number of imidazole rings is 1. The maximum atomic E-state index is 6.20. The molecular weight excluding hydrogens is 418 g/mol. The van der Waals surface area contributed by atoms with E-state index in [1.165, 1.54) is 10.8 Å². The molecule has 4 nitrogen and oxygen atoms in total. The van der Waals surface area contributed by atoms with E-state index in [-0.39, 0.29) is 0 Å². The van der Waals surface area contributed by atoms with Gasteiger partial charge in [0.15, 0.2) is 5.58 Å². The van der Waals surface area contributed by atoms with E-state index >= 15 is 0 Å². The highest BCUT2D eigenvalue weighted by atomic mass is 16.3. The van der Waals surface area contributed by atoms with Gasteiger partial charge in [-0.1, -0.05) is 60.7 Å². The summed E-state index contributed by atoms with van der Waals surface area (Å²) in [4.78, 5) is 9.68. The molecule has 0 aliphatic carbocycles. The fourth-order valence-corrected chi connectivity index (χ4v) is 5.29. The van der Waals surface area contributed by atoms with Crippen molar-refractivity contribution in [3.8, 4) is 11.3 Å². The minimum Gasteiger partial charge on any atom is -0.455 e. The molecule has 0 bridgehead atoms. The summed E-state index contributed by atoms with van der Waals surface area (Å²) in [5, 5.41) is 6.90. The number of aromatic nitrogens is 3. The minimum atomic E-state index is 0.861. The van der Waals surface area contributed by atoms with Gasteiger partial charge in [-0.25, -0.2) is 4.98 Å². The van der Waals surface area contributed by atoms with E-state index in [0.717, 1.165) is 60.6 Å². The second kappa shape index (κ2) is 6.42. The van der Waals surface area contributed by atoms with Crippen molar-refractivity contribution in [3.63, 3.8) is 0 Å². The van der Waals surface area contributed by atoms with Crippen LogP contribution in [-0.2, 0) is 0 Å². The molecule has 4 aromatic heterocycles. The third-order valence-corrected chi connectivity index (χ3v) is 6.83. The number of fused-ring (bicyclic) bond motifs is 11. The summed E-state index contributed by atoms with van der Waals surface area (Å²) < 4.78 is 8.37. The Hall–Kier alpha value is -4.70. The number of hydrogen-bond acceptors (Lipinski definition) is 3. The van der Waals surface area contributed by atoms with Gasteiger partial charge in [0.2, 0.25) is 0 Å². The Balaban J connectivity index is 1.55. The van der Waals surface area contributed by atoms with E-state index in [4.69, 9.17) is 9.40 Å². The number of pyridine rings is 2. The van der Waals surface area contributed by atoms with Crippen molar-refractivity contribution < 1.29 is 4.42 Å². The SMILES string of the molecule is c1ccc(-c2ccc3c(c2)c2ccccc2c2nc4cc5c(cn4c32)oc2ccccc25)nc1. The van der Waals surface area contributed by atoms with Gasteiger partial charge in [0.05, 0.1) is 22.9 Å².